The van der Waals surface area contributed by atoms with E-state index in [1.807, 2.05) is 6.92 Å². The van der Waals surface area contributed by atoms with Crippen LogP contribution < -0.4 is 5.73 Å². The van der Waals surface area contributed by atoms with Crippen LogP contribution in [0.2, 0.25) is 0 Å². The summed E-state index contributed by atoms with van der Waals surface area (Å²) in [6.45, 7) is 2.49. The highest BCUT2D eigenvalue weighted by Crippen LogP contribution is 2.27. The van der Waals surface area contributed by atoms with Crippen LogP contribution >= 0.6 is 0 Å². The lowest BCUT2D eigenvalue weighted by molar-refractivity contribution is -0.128. The summed E-state index contributed by atoms with van der Waals surface area (Å²) in [4.78, 5) is 13.8. The van der Waals surface area contributed by atoms with E-state index < -0.39 is 16.6 Å². The smallest absolute Gasteiger partial charge is 0.235 e. The van der Waals surface area contributed by atoms with Crippen LogP contribution in [-0.4, -0.2) is 33.4 Å². The van der Waals surface area contributed by atoms with Gasteiger partial charge in [0.05, 0.1) is 15.7 Å². The number of nitrogens with zero attached hydrogens (tertiary/aromatic N) is 1. The van der Waals surface area contributed by atoms with Crippen LogP contribution in [-0.2, 0) is 15.6 Å². The van der Waals surface area contributed by atoms with Crippen LogP contribution in [0.1, 0.15) is 19.8 Å². The Hall–Kier alpha value is -1.43. The van der Waals surface area contributed by atoms with E-state index in [9.17, 15) is 13.4 Å². The van der Waals surface area contributed by atoms with Gasteiger partial charge in [-0.15, -0.1) is 0 Å². The molecule has 1 atom stereocenters. The number of nitrogen functional groups attached to an aromatic ring is 1. The van der Waals surface area contributed by atoms with Crippen molar-refractivity contribution in [1.29, 1.82) is 0 Å². The molecule has 6 heteroatoms. The lowest BCUT2D eigenvalue weighted by Gasteiger charge is -2.20. The Morgan fingerprint density at radius 1 is 1.53 bits per heavy atom. The van der Waals surface area contributed by atoms with Crippen molar-refractivity contribution in [2.24, 2.45) is 0 Å². The first-order valence-corrected chi connectivity index (χ1v) is 7.57. The highest BCUT2D eigenvalue weighted by Gasteiger charge is 2.32. The summed E-state index contributed by atoms with van der Waals surface area (Å²) in [5.41, 5.74) is 5.71. The number of rotatable bonds is 5. The van der Waals surface area contributed by atoms with Crippen LogP contribution in [0.15, 0.2) is 23.1 Å². The second-order valence-corrected chi connectivity index (χ2v) is 6.01. The van der Waals surface area contributed by atoms with E-state index in [0.29, 0.717) is 6.54 Å². The topological polar surface area (TPSA) is 63.4 Å². The Labute approximate surface area is 114 Å². The Morgan fingerprint density at radius 2 is 2.21 bits per heavy atom. The van der Waals surface area contributed by atoms with E-state index in [2.05, 4.69) is 0 Å². The fraction of sp³-hybridized carbons (Fsp3) is 0.462. The number of benzene rings is 1. The van der Waals surface area contributed by atoms with E-state index in [1.165, 1.54) is 12.1 Å². The Kier molecular flexibility index (Phi) is 4.19. The molecule has 104 valence electrons. The molecule has 1 fully saturated rings. The molecular weight excluding hydrogens is 267 g/mol. The van der Waals surface area contributed by atoms with Gasteiger partial charge in [-0.05, 0) is 38.0 Å². The molecule has 1 aromatic carbocycles. The molecule has 0 saturated heterocycles. The van der Waals surface area contributed by atoms with Gasteiger partial charge in [0.1, 0.15) is 11.6 Å². The first kappa shape index (κ1) is 14.0. The molecule has 1 saturated carbocycles. The average Bonchev–Trinajstić information content (AvgIpc) is 3.14. The largest absolute Gasteiger partial charge is 0.399 e. The molecule has 0 bridgehead atoms. The summed E-state index contributed by atoms with van der Waals surface area (Å²) in [6, 6.07) is 4.27. The second kappa shape index (κ2) is 5.69. The molecule has 2 N–H and O–H groups in total. The minimum Gasteiger partial charge on any atom is -0.399 e. The zero-order valence-electron chi connectivity index (χ0n) is 10.8. The fourth-order valence-corrected chi connectivity index (χ4v) is 3.04. The van der Waals surface area contributed by atoms with Gasteiger partial charge in [-0.1, -0.05) is 0 Å². The van der Waals surface area contributed by atoms with Crippen molar-refractivity contribution in [3.63, 3.8) is 0 Å². The molecule has 1 aliphatic rings. The Morgan fingerprint density at radius 3 is 2.74 bits per heavy atom. The number of hydrogen-bond donors (Lipinski definition) is 1. The van der Waals surface area contributed by atoms with Gasteiger partial charge < -0.3 is 10.6 Å². The highest BCUT2D eigenvalue weighted by molar-refractivity contribution is 7.85. The van der Waals surface area contributed by atoms with E-state index in [1.54, 1.807) is 4.90 Å². The number of nitrogens with two attached hydrogens (primary N) is 1. The van der Waals surface area contributed by atoms with Crippen molar-refractivity contribution < 1.29 is 13.4 Å². The van der Waals surface area contributed by atoms with Gasteiger partial charge in [0.25, 0.3) is 0 Å². The van der Waals surface area contributed by atoms with E-state index in [4.69, 9.17) is 5.73 Å². The predicted molar refractivity (Wildman–Crippen MR) is 72.5 cm³/mol. The first-order chi connectivity index (χ1) is 9.02. The number of halogens is 1. The van der Waals surface area contributed by atoms with Crippen LogP contribution in [0.4, 0.5) is 10.1 Å². The quantitative estimate of drug-likeness (QED) is 0.834. The lowest BCUT2D eigenvalue weighted by Crippen LogP contribution is -2.36. The van der Waals surface area contributed by atoms with Crippen molar-refractivity contribution in [2.75, 3.05) is 18.0 Å². The third kappa shape index (κ3) is 3.32. The van der Waals surface area contributed by atoms with Crippen molar-refractivity contribution in [1.82, 2.24) is 4.90 Å². The standard InChI is InChI=1S/C13H17FN2O2S/c1-2-16(10-4-5-10)13(17)8-19(18)12-6-3-9(15)7-11(12)14/h3,6-7,10H,2,4-5,8,15H2,1H3. The van der Waals surface area contributed by atoms with Gasteiger partial charge in [0.2, 0.25) is 5.91 Å². The normalized spacial score (nSPS) is 16.1. The number of hydrogen-bond acceptors (Lipinski definition) is 3. The van der Waals surface area contributed by atoms with Gasteiger partial charge in [0.15, 0.2) is 0 Å². The fourth-order valence-electron chi connectivity index (χ4n) is 2.00. The molecule has 1 amide bonds. The van der Waals surface area contributed by atoms with Crippen molar-refractivity contribution >= 4 is 22.4 Å². The maximum Gasteiger partial charge on any atom is 0.235 e. The van der Waals surface area contributed by atoms with Gasteiger partial charge in [-0.3, -0.25) is 9.00 Å². The summed E-state index contributed by atoms with van der Waals surface area (Å²) in [7, 11) is -1.67. The monoisotopic (exact) mass is 284 g/mol. The minimum absolute atomic E-state index is 0.0365. The van der Waals surface area contributed by atoms with Crippen molar-refractivity contribution in [3.05, 3.63) is 24.0 Å². The summed E-state index contributed by atoms with van der Waals surface area (Å²) in [5, 5.41) is 0. The molecule has 0 aliphatic heterocycles. The van der Waals surface area contributed by atoms with Crippen LogP contribution in [0.5, 0.6) is 0 Å². The first-order valence-electron chi connectivity index (χ1n) is 6.25. The minimum atomic E-state index is -1.67. The number of anilines is 1. The molecule has 0 heterocycles. The number of carbonyl (C=O) groups excluding carboxylic acids is 1. The van der Waals surface area contributed by atoms with E-state index >= 15 is 0 Å². The highest BCUT2D eigenvalue weighted by atomic mass is 32.2. The van der Waals surface area contributed by atoms with Crippen molar-refractivity contribution in [3.8, 4) is 0 Å². The summed E-state index contributed by atoms with van der Waals surface area (Å²) < 4.78 is 25.6. The van der Waals surface area contributed by atoms with Crippen LogP contribution in [0, 0.1) is 5.82 Å². The zero-order valence-corrected chi connectivity index (χ0v) is 11.6. The molecule has 0 spiro atoms. The van der Waals surface area contributed by atoms with Gasteiger partial charge >= 0.3 is 0 Å². The Balaban J connectivity index is 2.05. The van der Waals surface area contributed by atoms with Gasteiger partial charge in [-0.2, -0.15) is 0 Å². The molecule has 1 aromatic rings. The third-order valence-electron chi connectivity index (χ3n) is 3.10. The molecule has 1 unspecified atom stereocenters. The molecule has 1 aliphatic carbocycles. The Bertz CT molecular complexity index is 517. The average molecular weight is 284 g/mol. The second-order valence-electron chi connectivity index (χ2n) is 4.59. The van der Waals surface area contributed by atoms with E-state index in [-0.39, 0.29) is 28.3 Å². The molecule has 19 heavy (non-hydrogen) atoms. The van der Waals surface area contributed by atoms with Gasteiger partial charge in [-0.25, -0.2) is 4.39 Å². The number of carbonyl (C=O) groups is 1. The summed E-state index contributed by atoms with van der Waals surface area (Å²) >= 11 is 0. The van der Waals surface area contributed by atoms with Crippen molar-refractivity contribution in [2.45, 2.75) is 30.7 Å². The molecule has 0 aromatic heterocycles. The molecule has 2 rings (SSSR count). The van der Waals surface area contributed by atoms with Gasteiger partial charge in [0, 0.05) is 18.3 Å². The third-order valence-corrected chi connectivity index (χ3v) is 4.44. The summed E-state index contributed by atoms with van der Waals surface area (Å²) in [5.74, 6) is -0.981. The number of amides is 1. The zero-order chi connectivity index (χ0) is 14.0. The summed E-state index contributed by atoms with van der Waals surface area (Å²) in [6.07, 6.45) is 2.00. The maximum absolute atomic E-state index is 13.6. The van der Waals surface area contributed by atoms with Crippen LogP contribution in [0.25, 0.3) is 0 Å². The molecular formula is C13H17FN2O2S. The predicted octanol–water partition coefficient (Wildman–Crippen LogP) is 1.53. The lowest BCUT2D eigenvalue weighted by atomic mass is 10.3. The SMILES string of the molecule is CCN(C(=O)CS(=O)c1ccc(N)cc1F)C1CC1. The molecule has 0 radical (unpaired) electrons. The maximum atomic E-state index is 13.6. The van der Waals surface area contributed by atoms with Crippen LogP contribution in [0.3, 0.4) is 0 Å². The van der Waals surface area contributed by atoms with E-state index in [0.717, 1.165) is 18.9 Å². The molecule has 4 nitrogen and oxygen atoms in total.